The Hall–Kier alpha value is -0.160. The van der Waals surface area contributed by atoms with Crippen LogP contribution in [0.1, 0.15) is 51.4 Å². The Bertz CT molecular complexity index is 312. The molecule has 22 heavy (non-hydrogen) atoms. The second-order valence-electron chi connectivity index (χ2n) is 7.49. The first-order valence-corrected chi connectivity index (χ1v) is 9.55. The number of morpholine rings is 1. The van der Waals surface area contributed by atoms with Crippen molar-refractivity contribution in [2.45, 2.75) is 63.5 Å². The summed E-state index contributed by atoms with van der Waals surface area (Å²) in [6, 6.07) is 0.461. The summed E-state index contributed by atoms with van der Waals surface area (Å²) in [6.45, 7) is 7.76. The quantitative estimate of drug-likeness (QED) is 0.844. The zero-order chi connectivity index (χ0) is 15.2. The first-order valence-electron chi connectivity index (χ1n) is 9.55. The maximum Gasteiger partial charge on any atom is 0.0695 e. The van der Waals surface area contributed by atoms with E-state index in [9.17, 15) is 5.11 Å². The molecule has 0 radical (unpaired) electrons. The summed E-state index contributed by atoms with van der Waals surface area (Å²) < 4.78 is 5.41. The molecule has 4 nitrogen and oxygen atoms in total. The standard InChI is InChI=1S/C18H34N2O2/c21-18-6-2-1-5-17(18)20-10-7-16(8-11-20)4-3-9-19-12-14-22-15-13-19/h16-18,21H,1-15H2. The lowest BCUT2D eigenvalue weighted by Gasteiger charge is -2.41. The van der Waals surface area contributed by atoms with Gasteiger partial charge in [-0.2, -0.15) is 0 Å². The van der Waals surface area contributed by atoms with E-state index in [1.807, 2.05) is 0 Å². The minimum atomic E-state index is -0.0633. The van der Waals surface area contributed by atoms with Crippen molar-refractivity contribution in [1.29, 1.82) is 0 Å². The molecule has 2 aliphatic heterocycles. The van der Waals surface area contributed by atoms with E-state index in [4.69, 9.17) is 4.74 Å². The summed E-state index contributed by atoms with van der Waals surface area (Å²) >= 11 is 0. The van der Waals surface area contributed by atoms with Crippen molar-refractivity contribution in [2.24, 2.45) is 5.92 Å². The lowest BCUT2D eigenvalue weighted by atomic mass is 9.87. The molecular weight excluding hydrogens is 276 g/mol. The van der Waals surface area contributed by atoms with Crippen LogP contribution >= 0.6 is 0 Å². The van der Waals surface area contributed by atoms with Gasteiger partial charge in [0, 0.05) is 19.1 Å². The highest BCUT2D eigenvalue weighted by Gasteiger charge is 2.31. The van der Waals surface area contributed by atoms with E-state index in [0.29, 0.717) is 6.04 Å². The molecule has 0 aromatic rings. The lowest BCUT2D eigenvalue weighted by molar-refractivity contribution is 0.00257. The molecule has 3 fully saturated rings. The molecule has 1 saturated carbocycles. The molecule has 2 atom stereocenters. The van der Waals surface area contributed by atoms with Gasteiger partial charge in [-0.25, -0.2) is 0 Å². The fourth-order valence-electron chi connectivity index (χ4n) is 4.52. The third kappa shape index (κ3) is 4.67. The number of nitrogens with zero attached hydrogens (tertiary/aromatic N) is 2. The number of rotatable bonds is 5. The third-order valence-corrected chi connectivity index (χ3v) is 6.00. The van der Waals surface area contributed by atoms with Gasteiger partial charge in [0.2, 0.25) is 0 Å². The highest BCUT2D eigenvalue weighted by molar-refractivity contribution is 4.86. The van der Waals surface area contributed by atoms with E-state index in [-0.39, 0.29) is 6.10 Å². The molecule has 128 valence electrons. The Balaban J connectivity index is 1.31. The van der Waals surface area contributed by atoms with Crippen LogP contribution in [-0.4, -0.2) is 73.0 Å². The predicted molar refractivity (Wildman–Crippen MR) is 89.1 cm³/mol. The normalized spacial score (nSPS) is 33.1. The molecule has 3 rings (SSSR count). The maximum atomic E-state index is 10.2. The van der Waals surface area contributed by atoms with E-state index in [2.05, 4.69) is 9.80 Å². The number of piperidine rings is 1. The summed E-state index contributed by atoms with van der Waals surface area (Å²) in [7, 11) is 0. The smallest absolute Gasteiger partial charge is 0.0695 e. The van der Waals surface area contributed by atoms with Crippen molar-refractivity contribution < 1.29 is 9.84 Å². The number of likely N-dealkylation sites (tertiary alicyclic amines) is 1. The minimum absolute atomic E-state index is 0.0633. The van der Waals surface area contributed by atoms with Crippen molar-refractivity contribution in [3.8, 4) is 0 Å². The summed E-state index contributed by atoms with van der Waals surface area (Å²) in [4.78, 5) is 5.14. The summed E-state index contributed by atoms with van der Waals surface area (Å²) in [6.07, 6.45) is 10.1. The number of hydrogen-bond donors (Lipinski definition) is 1. The Morgan fingerprint density at radius 3 is 2.36 bits per heavy atom. The van der Waals surface area contributed by atoms with Crippen molar-refractivity contribution in [3.05, 3.63) is 0 Å². The Morgan fingerprint density at radius 2 is 1.64 bits per heavy atom. The number of hydrogen-bond acceptors (Lipinski definition) is 4. The number of aliphatic hydroxyl groups excluding tert-OH is 1. The molecule has 0 bridgehead atoms. The molecular formula is C18H34N2O2. The van der Waals surface area contributed by atoms with E-state index in [0.717, 1.165) is 38.6 Å². The number of ether oxygens (including phenoxy) is 1. The van der Waals surface area contributed by atoms with Crippen molar-refractivity contribution in [3.63, 3.8) is 0 Å². The highest BCUT2D eigenvalue weighted by atomic mass is 16.5. The molecule has 4 heteroatoms. The van der Waals surface area contributed by atoms with Gasteiger partial charge in [-0.1, -0.05) is 12.8 Å². The van der Waals surface area contributed by atoms with Crippen LogP contribution in [0.15, 0.2) is 0 Å². The molecule has 1 N–H and O–H groups in total. The Kier molecular flexibility index (Phi) is 6.54. The first-order chi connectivity index (χ1) is 10.8. The number of aliphatic hydroxyl groups is 1. The van der Waals surface area contributed by atoms with Crippen molar-refractivity contribution >= 4 is 0 Å². The fourth-order valence-corrected chi connectivity index (χ4v) is 4.52. The van der Waals surface area contributed by atoms with Gasteiger partial charge in [-0.15, -0.1) is 0 Å². The Morgan fingerprint density at radius 1 is 0.909 bits per heavy atom. The van der Waals surface area contributed by atoms with Gasteiger partial charge in [0.05, 0.1) is 19.3 Å². The highest BCUT2D eigenvalue weighted by Crippen LogP contribution is 2.29. The monoisotopic (exact) mass is 310 g/mol. The van der Waals surface area contributed by atoms with Crippen molar-refractivity contribution in [2.75, 3.05) is 45.9 Å². The third-order valence-electron chi connectivity index (χ3n) is 6.00. The van der Waals surface area contributed by atoms with Crippen LogP contribution in [0.25, 0.3) is 0 Å². The lowest BCUT2D eigenvalue weighted by Crippen LogP contribution is -2.48. The minimum Gasteiger partial charge on any atom is -0.391 e. The second kappa shape index (κ2) is 8.62. The van der Waals surface area contributed by atoms with E-state index in [1.54, 1.807) is 0 Å². The molecule has 0 aromatic heterocycles. The van der Waals surface area contributed by atoms with Gasteiger partial charge in [0.25, 0.3) is 0 Å². The van der Waals surface area contributed by atoms with Crippen LogP contribution in [0, 0.1) is 5.92 Å². The molecule has 0 spiro atoms. The topological polar surface area (TPSA) is 35.9 Å². The predicted octanol–water partition coefficient (Wildman–Crippen LogP) is 2.11. The molecule has 2 unspecified atom stereocenters. The largest absolute Gasteiger partial charge is 0.391 e. The van der Waals surface area contributed by atoms with Gasteiger partial charge in [0.15, 0.2) is 0 Å². The van der Waals surface area contributed by atoms with Gasteiger partial charge in [-0.3, -0.25) is 9.80 Å². The average molecular weight is 310 g/mol. The van der Waals surface area contributed by atoms with Crippen LogP contribution in [0.5, 0.6) is 0 Å². The molecule has 3 aliphatic rings. The summed E-state index contributed by atoms with van der Waals surface area (Å²) in [5.74, 6) is 0.915. The van der Waals surface area contributed by atoms with E-state index >= 15 is 0 Å². The van der Waals surface area contributed by atoms with Crippen molar-refractivity contribution in [1.82, 2.24) is 9.80 Å². The van der Waals surface area contributed by atoms with Crippen LogP contribution in [0.3, 0.4) is 0 Å². The zero-order valence-electron chi connectivity index (χ0n) is 14.1. The Labute approximate surface area is 135 Å². The molecule has 2 heterocycles. The SMILES string of the molecule is OC1CCCCC1N1CCC(CCCN2CCOCC2)CC1. The van der Waals surface area contributed by atoms with E-state index < -0.39 is 0 Å². The zero-order valence-corrected chi connectivity index (χ0v) is 14.1. The van der Waals surface area contributed by atoms with Crippen LogP contribution in [0.2, 0.25) is 0 Å². The first kappa shape index (κ1) is 16.7. The van der Waals surface area contributed by atoms with E-state index in [1.165, 1.54) is 64.6 Å². The summed E-state index contributed by atoms with van der Waals surface area (Å²) in [5.41, 5.74) is 0. The summed E-state index contributed by atoms with van der Waals surface area (Å²) in [5, 5.41) is 10.2. The fraction of sp³-hybridized carbons (Fsp3) is 1.00. The maximum absolute atomic E-state index is 10.2. The van der Waals surface area contributed by atoms with Crippen LogP contribution in [-0.2, 0) is 4.74 Å². The van der Waals surface area contributed by atoms with Gasteiger partial charge in [0.1, 0.15) is 0 Å². The molecule has 0 amide bonds. The van der Waals surface area contributed by atoms with Crippen LogP contribution < -0.4 is 0 Å². The van der Waals surface area contributed by atoms with Crippen LogP contribution in [0.4, 0.5) is 0 Å². The molecule has 2 saturated heterocycles. The second-order valence-corrected chi connectivity index (χ2v) is 7.49. The van der Waals surface area contributed by atoms with Gasteiger partial charge < -0.3 is 9.84 Å². The molecule has 1 aliphatic carbocycles. The van der Waals surface area contributed by atoms with Gasteiger partial charge >= 0.3 is 0 Å². The molecule has 0 aromatic carbocycles. The average Bonchev–Trinajstić information content (AvgIpc) is 2.57. The van der Waals surface area contributed by atoms with Gasteiger partial charge in [-0.05, 0) is 64.1 Å².